The molecule has 2 N–H and O–H groups in total. The molecule has 0 aromatic rings. The summed E-state index contributed by atoms with van der Waals surface area (Å²) < 4.78 is 33.5. The summed E-state index contributed by atoms with van der Waals surface area (Å²) >= 11 is 0. The van der Waals surface area contributed by atoms with Crippen LogP contribution in [-0.4, -0.2) is 58.2 Å². The molecule has 1 aliphatic heterocycles. The lowest BCUT2D eigenvalue weighted by Gasteiger charge is -2.25. The maximum atomic E-state index is 12.2. The fourth-order valence-electron chi connectivity index (χ4n) is 2.29. The maximum absolute atomic E-state index is 12.2. The van der Waals surface area contributed by atoms with Crippen molar-refractivity contribution in [3.8, 4) is 0 Å². The summed E-state index contributed by atoms with van der Waals surface area (Å²) in [6.45, 7) is 2.33. The van der Waals surface area contributed by atoms with Crippen molar-refractivity contribution < 1.29 is 13.2 Å². The molecule has 0 aromatic carbocycles. The summed E-state index contributed by atoms with van der Waals surface area (Å²) in [5.41, 5.74) is 0. The van der Waals surface area contributed by atoms with Gasteiger partial charge in [-0.3, -0.25) is 0 Å². The number of ether oxygens (including phenoxy) is 1. The van der Waals surface area contributed by atoms with Crippen LogP contribution in [0.25, 0.3) is 0 Å². The molecule has 2 fully saturated rings. The fraction of sp³-hybridized carbons (Fsp3) is 1.00. The van der Waals surface area contributed by atoms with Gasteiger partial charge in [-0.05, 0) is 32.2 Å². The lowest BCUT2D eigenvalue weighted by molar-refractivity contribution is 0.203. The lowest BCUT2D eigenvalue weighted by Crippen LogP contribution is -2.48. The van der Waals surface area contributed by atoms with Crippen molar-refractivity contribution in [2.75, 3.05) is 33.4 Å². The average Bonchev–Trinajstić information content (AvgIpc) is 3.03. The Hall–Kier alpha value is -0.210. The Morgan fingerprint density at radius 1 is 1.39 bits per heavy atom. The van der Waals surface area contributed by atoms with Crippen LogP contribution in [0.5, 0.6) is 0 Å². The Labute approximate surface area is 109 Å². The third kappa shape index (κ3) is 3.89. The topological polar surface area (TPSA) is 70.7 Å². The molecule has 0 aromatic heterocycles. The highest BCUT2D eigenvalue weighted by molar-refractivity contribution is 7.87. The van der Waals surface area contributed by atoms with Crippen LogP contribution in [0.1, 0.15) is 25.7 Å². The van der Waals surface area contributed by atoms with Crippen molar-refractivity contribution in [3.63, 3.8) is 0 Å². The van der Waals surface area contributed by atoms with Gasteiger partial charge in [-0.2, -0.15) is 17.4 Å². The molecule has 1 saturated carbocycles. The van der Waals surface area contributed by atoms with E-state index < -0.39 is 10.2 Å². The molecule has 6 nitrogen and oxygen atoms in total. The van der Waals surface area contributed by atoms with E-state index in [0.29, 0.717) is 25.7 Å². The summed E-state index contributed by atoms with van der Waals surface area (Å²) in [5, 5.41) is 3.35. The van der Waals surface area contributed by atoms with Gasteiger partial charge in [-0.1, -0.05) is 0 Å². The zero-order chi connectivity index (χ0) is 13.0. The molecular formula is C11H23N3O3S. The Morgan fingerprint density at radius 2 is 2.17 bits per heavy atom. The molecule has 1 saturated heterocycles. The molecule has 1 heterocycles. The van der Waals surface area contributed by atoms with E-state index in [1.807, 2.05) is 0 Å². The van der Waals surface area contributed by atoms with Gasteiger partial charge in [0, 0.05) is 32.3 Å². The van der Waals surface area contributed by atoms with Gasteiger partial charge >= 0.3 is 0 Å². The van der Waals surface area contributed by atoms with Gasteiger partial charge in [0.25, 0.3) is 10.2 Å². The van der Waals surface area contributed by atoms with Gasteiger partial charge in [0.05, 0.1) is 6.61 Å². The zero-order valence-corrected chi connectivity index (χ0v) is 11.7. The first-order valence-electron chi connectivity index (χ1n) is 6.62. The second-order valence-electron chi connectivity index (χ2n) is 4.99. The first-order valence-corrected chi connectivity index (χ1v) is 8.06. The quantitative estimate of drug-likeness (QED) is 0.597. The summed E-state index contributed by atoms with van der Waals surface area (Å²) in [7, 11) is -1.79. The molecule has 0 bridgehead atoms. The predicted octanol–water partition coefficient (Wildman–Crippen LogP) is -0.316. The number of nitrogens with one attached hydrogen (secondary N) is 2. The summed E-state index contributed by atoms with van der Waals surface area (Å²) in [6.07, 6.45) is 4.17. The monoisotopic (exact) mass is 277 g/mol. The minimum absolute atomic E-state index is 0.201. The number of methoxy groups -OCH3 is 1. The number of rotatable bonds is 8. The van der Waals surface area contributed by atoms with Crippen LogP contribution in [0.3, 0.4) is 0 Å². The van der Waals surface area contributed by atoms with E-state index in [-0.39, 0.29) is 6.04 Å². The van der Waals surface area contributed by atoms with E-state index in [9.17, 15) is 8.42 Å². The van der Waals surface area contributed by atoms with Crippen LogP contribution in [0.4, 0.5) is 0 Å². The number of nitrogens with zero attached hydrogens (tertiary/aromatic N) is 1. The van der Waals surface area contributed by atoms with Gasteiger partial charge in [-0.15, -0.1) is 0 Å². The largest absolute Gasteiger partial charge is 0.383 e. The minimum Gasteiger partial charge on any atom is -0.383 e. The van der Waals surface area contributed by atoms with Crippen LogP contribution in [0, 0.1) is 0 Å². The van der Waals surface area contributed by atoms with Crippen molar-refractivity contribution >= 4 is 10.2 Å². The molecule has 18 heavy (non-hydrogen) atoms. The van der Waals surface area contributed by atoms with E-state index in [1.165, 1.54) is 0 Å². The van der Waals surface area contributed by atoms with Crippen LogP contribution >= 0.6 is 0 Å². The normalized spacial score (nSPS) is 24.9. The third-order valence-corrected chi connectivity index (χ3v) is 5.05. The van der Waals surface area contributed by atoms with Gasteiger partial charge in [0.2, 0.25) is 0 Å². The molecule has 1 aliphatic carbocycles. The third-order valence-electron chi connectivity index (χ3n) is 3.42. The van der Waals surface area contributed by atoms with Gasteiger partial charge in [0.15, 0.2) is 0 Å². The first-order chi connectivity index (χ1) is 8.63. The molecule has 106 valence electrons. The fourth-order valence-corrected chi connectivity index (χ4v) is 3.78. The average molecular weight is 277 g/mol. The SMILES string of the molecule is COCCNS(=O)(=O)N(CC1CCCN1)C1CC1. The summed E-state index contributed by atoms with van der Waals surface area (Å²) in [4.78, 5) is 0. The number of hydrogen-bond donors (Lipinski definition) is 2. The van der Waals surface area contributed by atoms with E-state index in [4.69, 9.17) is 4.74 Å². The van der Waals surface area contributed by atoms with Crippen molar-refractivity contribution in [1.29, 1.82) is 0 Å². The molecule has 0 spiro atoms. The van der Waals surface area contributed by atoms with Crippen LogP contribution in [0.2, 0.25) is 0 Å². The van der Waals surface area contributed by atoms with Crippen molar-refractivity contribution in [2.45, 2.75) is 37.8 Å². The molecule has 1 atom stereocenters. The highest BCUT2D eigenvalue weighted by Gasteiger charge is 2.38. The molecule has 0 amide bonds. The van der Waals surface area contributed by atoms with E-state index in [1.54, 1.807) is 11.4 Å². The van der Waals surface area contributed by atoms with Crippen molar-refractivity contribution in [1.82, 2.24) is 14.3 Å². The van der Waals surface area contributed by atoms with Crippen LogP contribution in [0.15, 0.2) is 0 Å². The summed E-state index contributed by atoms with van der Waals surface area (Å²) in [6, 6.07) is 0.511. The Bertz CT molecular complexity index is 351. The van der Waals surface area contributed by atoms with E-state index in [0.717, 1.165) is 32.2 Å². The highest BCUT2D eigenvalue weighted by atomic mass is 32.2. The first kappa shape index (κ1) is 14.2. The molecular weight excluding hydrogens is 254 g/mol. The molecule has 2 rings (SSSR count). The molecule has 2 aliphatic rings. The van der Waals surface area contributed by atoms with Crippen LogP contribution in [-0.2, 0) is 14.9 Å². The van der Waals surface area contributed by atoms with Crippen LogP contribution < -0.4 is 10.0 Å². The van der Waals surface area contributed by atoms with E-state index >= 15 is 0 Å². The standard InChI is InChI=1S/C11H23N3O3S/c1-17-8-7-13-18(15,16)14(11-4-5-11)9-10-3-2-6-12-10/h10-13H,2-9H2,1H3. The lowest BCUT2D eigenvalue weighted by atomic mass is 10.2. The van der Waals surface area contributed by atoms with Gasteiger partial charge in [-0.25, -0.2) is 0 Å². The Kier molecular flexibility index (Phi) is 4.97. The summed E-state index contributed by atoms with van der Waals surface area (Å²) in [5.74, 6) is 0. The Balaban J connectivity index is 1.90. The maximum Gasteiger partial charge on any atom is 0.279 e. The van der Waals surface area contributed by atoms with Gasteiger partial charge in [0.1, 0.15) is 0 Å². The molecule has 7 heteroatoms. The smallest absolute Gasteiger partial charge is 0.279 e. The number of hydrogen-bond acceptors (Lipinski definition) is 4. The van der Waals surface area contributed by atoms with Crippen molar-refractivity contribution in [2.24, 2.45) is 0 Å². The second kappa shape index (κ2) is 6.29. The molecule has 1 unspecified atom stereocenters. The molecule has 0 radical (unpaired) electrons. The van der Waals surface area contributed by atoms with Gasteiger partial charge < -0.3 is 10.1 Å². The van der Waals surface area contributed by atoms with E-state index in [2.05, 4.69) is 10.0 Å². The minimum atomic E-state index is -3.36. The second-order valence-corrected chi connectivity index (χ2v) is 6.69. The predicted molar refractivity (Wildman–Crippen MR) is 69.6 cm³/mol. The van der Waals surface area contributed by atoms with Crippen molar-refractivity contribution in [3.05, 3.63) is 0 Å². The highest BCUT2D eigenvalue weighted by Crippen LogP contribution is 2.29. The zero-order valence-electron chi connectivity index (χ0n) is 10.9. The Morgan fingerprint density at radius 3 is 2.72 bits per heavy atom.